The molecule has 0 unspecified atom stereocenters. The zero-order chi connectivity index (χ0) is 8.69. The van der Waals surface area contributed by atoms with Crippen LogP contribution >= 0.6 is 24.0 Å². The van der Waals surface area contributed by atoms with Gasteiger partial charge < -0.3 is 4.74 Å². The first kappa shape index (κ1) is 10.9. The van der Waals surface area contributed by atoms with E-state index >= 15 is 0 Å². The molecule has 0 atom stereocenters. The van der Waals surface area contributed by atoms with E-state index in [1.54, 1.807) is 6.92 Å². The van der Waals surface area contributed by atoms with Crippen LogP contribution in [0.4, 0.5) is 0 Å². The Morgan fingerprint density at radius 2 is 2.27 bits per heavy atom. The van der Waals surface area contributed by atoms with Crippen molar-refractivity contribution in [3.8, 4) is 0 Å². The number of ether oxygens (including phenoxy) is 1. The molecule has 0 rings (SSSR count). The summed E-state index contributed by atoms with van der Waals surface area (Å²) in [5.74, 6) is 0.588. The average Bonchev–Trinajstić information content (AvgIpc) is 1.87. The van der Waals surface area contributed by atoms with Gasteiger partial charge in [0.25, 0.3) is 0 Å². The molecule has 0 aliphatic carbocycles. The molecule has 0 aromatic carbocycles. The Bertz CT molecular complexity index is 145. The van der Waals surface area contributed by atoms with Crippen LogP contribution in [0.2, 0.25) is 0 Å². The van der Waals surface area contributed by atoms with Crippen molar-refractivity contribution in [3.63, 3.8) is 0 Å². The van der Waals surface area contributed by atoms with Crippen LogP contribution in [-0.2, 0) is 9.53 Å². The molecule has 0 fully saturated rings. The number of carbonyl (C=O) groups is 1. The Labute approximate surface area is 76.7 Å². The van der Waals surface area contributed by atoms with Gasteiger partial charge in [-0.2, -0.15) is 0 Å². The van der Waals surface area contributed by atoms with Crippen molar-refractivity contribution in [2.24, 2.45) is 0 Å². The summed E-state index contributed by atoms with van der Waals surface area (Å²) in [5.41, 5.74) is 0. The average molecular weight is 192 g/mol. The maximum atomic E-state index is 10.7. The van der Waals surface area contributed by atoms with Gasteiger partial charge in [-0.1, -0.05) is 12.2 Å². The summed E-state index contributed by atoms with van der Waals surface area (Å²) in [6.45, 7) is 4.11. The topological polar surface area (TPSA) is 26.3 Å². The van der Waals surface area contributed by atoms with Gasteiger partial charge in [-0.15, -0.1) is 11.8 Å². The molecular weight excluding hydrogens is 180 g/mol. The lowest BCUT2D eigenvalue weighted by molar-refractivity contribution is -0.142. The van der Waals surface area contributed by atoms with Gasteiger partial charge in [-0.05, 0) is 13.8 Å². The van der Waals surface area contributed by atoms with E-state index in [1.165, 1.54) is 11.8 Å². The fourth-order valence-electron chi connectivity index (χ4n) is 0.511. The minimum atomic E-state index is -0.142. The Morgan fingerprint density at radius 3 is 2.73 bits per heavy atom. The zero-order valence-corrected chi connectivity index (χ0v) is 8.39. The van der Waals surface area contributed by atoms with E-state index in [1.807, 2.05) is 6.92 Å². The zero-order valence-electron chi connectivity index (χ0n) is 6.75. The summed E-state index contributed by atoms with van der Waals surface area (Å²) in [6.07, 6.45) is 0.451. The molecule has 0 aromatic heterocycles. The Hall–Kier alpha value is -0.0900. The first-order valence-corrected chi connectivity index (χ1v) is 4.85. The first-order valence-electron chi connectivity index (χ1n) is 3.45. The predicted molar refractivity (Wildman–Crippen MR) is 52.0 cm³/mol. The number of hydrogen-bond acceptors (Lipinski definition) is 4. The van der Waals surface area contributed by atoms with Gasteiger partial charge in [0.2, 0.25) is 0 Å². The fraction of sp³-hybridized carbons (Fsp3) is 0.714. The number of thioether (sulfide) groups is 1. The highest BCUT2D eigenvalue weighted by Crippen LogP contribution is 2.05. The molecule has 0 aliphatic heterocycles. The number of thiocarbonyl (C=S) groups is 1. The van der Waals surface area contributed by atoms with Crippen LogP contribution < -0.4 is 0 Å². The number of hydrogen-bond donors (Lipinski definition) is 0. The summed E-state index contributed by atoms with van der Waals surface area (Å²) in [4.78, 5) is 10.7. The lowest BCUT2D eigenvalue weighted by Crippen LogP contribution is -2.04. The molecule has 0 radical (unpaired) electrons. The standard InChI is InChI=1S/C7H12O2S2/c1-3-9-7(8)4-5-11-6(2)10/h3-5H2,1-2H3. The smallest absolute Gasteiger partial charge is 0.306 e. The predicted octanol–water partition coefficient (Wildman–Crippen LogP) is 2.02. The number of carbonyl (C=O) groups excluding carboxylic acids is 1. The minimum Gasteiger partial charge on any atom is -0.466 e. The van der Waals surface area contributed by atoms with Crippen LogP contribution in [0, 0.1) is 0 Å². The number of esters is 1. The van der Waals surface area contributed by atoms with Crippen LogP contribution in [0.15, 0.2) is 0 Å². The lowest BCUT2D eigenvalue weighted by atomic mass is 10.5. The monoisotopic (exact) mass is 192 g/mol. The van der Waals surface area contributed by atoms with Crippen molar-refractivity contribution < 1.29 is 9.53 Å². The van der Waals surface area contributed by atoms with Crippen LogP contribution in [0.3, 0.4) is 0 Å². The van der Waals surface area contributed by atoms with Gasteiger partial charge in [0.05, 0.1) is 13.0 Å². The van der Waals surface area contributed by atoms with E-state index in [9.17, 15) is 4.79 Å². The normalized spacial score (nSPS) is 9.27. The third-order valence-electron chi connectivity index (χ3n) is 0.917. The van der Waals surface area contributed by atoms with Crippen LogP contribution in [0.5, 0.6) is 0 Å². The van der Waals surface area contributed by atoms with E-state index in [2.05, 4.69) is 0 Å². The lowest BCUT2D eigenvalue weighted by Gasteiger charge is -1.99. The van der Waals surface area contributed by atoms with Crippen LogP contribution in [-0.4, -0.2) is 22.5 Å². The minimum absolute atomic E-state index is 0.142. The van der Waals surface area contributed by atoms with E-state index in [0.29, 0.717) is 13.0 Å². The summed E-state index contributed by atoms with van der Waals surface area (Å²) >= 11 is 6.34. The molecule has 0 aromatic rings. The molecule has 4 heteroatoms. The summed E-state index contributed by atoms with van der Waals surface area (Å²) in [5, 5.41) is 0. The van der Waals surface area contributed by atoms with Gasteiger partial charge in [-0.25, -0.2) is 0 Å². The van der Waals surface area contributed by atoms with Crippen molar-refractivity contribution in [1.29, 1.82) is 0 Å². The van der Waals surface area contributed by atoms with Crippen molar-refractivity contribution in [1.82, 2.24) is 0 Å². The highest BCUT2D eigenvalue weighted by atomic mass is 32.2. The second-order valence-electron chi connectivity index (χ2n) is 1.90. The van der Waals surface area contributed by atoms with Crippen molar-refractivity contribution in [2.45, 2.75) is 20.3 Å². The highest BCUT2D eigenvalue weighted by Gasteiger charge is 2.00. The van der Waals surface area contributed by atoms with Crippen molar-refractivity contribution in [2.75, 3.05) is 12.4 Å². The molecule has 0 bridgehead atoms. The molecule has 0 saturated carbocycles. The van der Waals surface area contributed by atoms with Crippen LogP contribution in [0.25, 0.3) is 0 Å². The molecule has 0 amide bonds. The van der Waals surface area contributed by atoms with Gasteiger partial charge in [-0.3, -0.25) is 4.79 Å². The van der Waals surface area contributed by atoms with E-state index in [4.69, 9.17) is 17.0 Å². The van der Waals surface area contributed by atoms with E-state index in [0.717, 1.165) is 9.95 Å². The molecule has 2 nitrogen and oxygen atoms in total. The summed E-state index contributed by atoms with van der Waals surface area (Å²) in [7, 11) is 0. The second-order valence-corrected chi connectivity index (χ2v) is 4.08. The summed E-state index contributed by atoms with van der Waals surface area (Å²) in [6, 6.07) is 0. The van der Waals surface area contributed by atoms with Crippen molar-refractivity contribution >= 4 is 34.1 Å². The third kappa shape index (κ3) is 7.81. The molecule has 64 valence electrons. The maximum absolute atomic E-state index is 10.7. The van der Waals surface area contributed by atoms with Gasteiger partial charge in [0, 0.05) is 9.95 Å². The highest BCUT2D eigenvalue weighted by molar-refractivity contribution is 8.23. The molecule has 0 heterocycles. The molecule has 0 N–H and O–H groups in total. The SMILES string of the molecule is CCOC(=O)CCSC(C)=S. The Balaban J connectivity index is 3.24. The Kier molecular flexibility index (Phi) is 6.56. The second kappa shape index (κ2) is 6.61. The third-order valence-corrected chi connectivity index (χ3v) is 2.09. The number of rotatable bonds is 4. The molecule has 0 aliphatic rings. The Morgan fingerprint density at radius 1 is 1.64 bits per heavy atom. The van der Waals surface area contributed by atoms with Gasteiger partial charge in [0.1, 0.15) is 0 Å². The van der Waals surface area contributed by atoms with E-state index in [-0.39, 0.29) is 5.97 Å². The van der Waals surface area contributed by atoms with Gasteiger partial charge in [0.15, 0.2) is 0 Å². The molecule has 0 spiro atoms. The van der Waals surface area contributed by atoms with Crippen LogP contribution in [0.1, 0.15) is 20.3 Å². The van der Waals surface area contributed by atoms with Gasteiger partial charge >= 0.3 is 5.97 Å². The molecule has 11 heavy (non-hydrogen) atoms. The van der Waals surface area contributed by atoms with E-state index < -0.39 is 0 Å². The summed E-state index contributed by atoms with van der Waals surface area (Å²) < 4.78 is 5.60. The molecular formula is C7H12O2S2. The fourth-order valence-corrected chi connectivity index (χ4v) is 1.32. The maximum Gasteiger partial charge on any atom is 0.306 e. The van der Waals surface area contributed by atoms with Crippen molar-refractivity contribution in [3.05, 3.63) is 0 Å². The largest absolute Gasteiger partial charge is 0.466 e. The quantitative estimate of drug-likeness (QED) is 0.503. The first-order chi connectivity index (χ1) is 5.16. The molecule has 0 saturated heterocycles.